The first-order valence-corrected chi connectivity index (χ1v) is 5.37. The van der Waals surface area contributed by atoms with Crippen LogP contribution in [0.1, 0.15) is 34.6 Å². The number of nitrogens with one attached hydrogen (secondary N) is 1. The van der Waals surface area contributed by atoms with E-state index in [4.69, 9.17) is 11.5 Å². The van der Waals surface area contributed by atoms with E-state index in [-0.39, 0.29) is 23.0 Å². The number of carbonyl (C=O) groups is 3. The Bertz CT molecular complexity index is 477. The fourth-order valence-electron chi connectivity index (χ4n) is 1.27. The molecule has 0 spiro atoms. The summed E-state index contributed by atoms with van der Waals surface area (Å²) in [5.41, 5.74) is 10.8. The predicted octanol–water partition coefficient (Wildman–Crippen LogP) is 0.479. The Balaban J connectivity index is 3.15. The molecule has 1 aromatic rings. The summed E-state index contributed by atoms with van der Waals surface area (Å²) in [4.78, 5) is 33.7. The zero-order valence-electron chi connectivity index (χ0n) is 10.2. The molecule has 6 heteroatoms. The molecule has 5 N–H and O–H groups in total. The van der Waals surface area contributed by atoms with Gasteiger partial charge in [0.05, 0.1) is 0 Å². The molecule has 0 fully saturated rings. The summed E-state index contributed by atoms with van der Waals surface area (Å²) in [6, 6.07) is 4.08. The van der Waals surface area contributed by atoms with Crippen molar-refractivity contribution in [2.75, 3.05) is 5.32 Å². The van der Waals surface area contributed by atoms with Crippen molar-refractivity contribution < 1.29 is 14.4 Å². The lowest BCUT2D eigenvalue weighted by atomic mass is 10.1. The monoisotopic (exact) mass is 249 g/mol. The van der Waals surface area contributed by atoms with Gasteiger partial charge < -0.3 is 16.8 Å². The van der Waals surface area contributed by atoms with E-state index in [9.17, 15) is 14.4 Å². The maximum Gasteiger partial charge on any atom is 0.248 e. The fraction of sp³-hybridized carbons (Fsp3) is 0.250. The molecule has 3 amide bonds. The number of anilines is 1. The van der Waals surface area contributed by atoms with E-state index in [0.29, 0.717) is 5.69 Å². The van der Waals surface area contributed by atoms with Crippen LogP contribution in [0.3, 0.4) is 0 Å². The van der Waals surface area contributed by atoms with Crippen LogP contribution in [0.25, 0.3) is 0 Å². The smallest absolute Gasteiger partial charge is 0.248 e. The Morgan fingerprint density at radius 2 is 1.44 bits per heavy atom. The van der Waals surface area contributed by atoms with Gasteiger partial charge in [0.15, 0.2) is 0 Å². The summed E-state index contributed by atoms with van der Waals surface area (Å²) in [6.45, 7) is 3.45. The Labute approximate surface area is 104 Å². The van der Waals surface area contributed by atoms with E-state index in [1.54, 1.807) is 13.8 Å². The molecule has 0 bridgehead atoms. The third kappa shape index (κ3) is 3.31. The highest BCUT2D eigenvalue weighted by atomic mass is 16.2. The SMILES string of the molecule is CC(C)C(=O)Nc1cc(C(N)=O)cc(C(N)=O)c1. The van der Waals surface area contributed by atoms with Crippen LogP contribution in [0.15, 0.2) is 18.2 Å². The summed E-state index contributed by atoms with van der Waals surface area (Å²) < 4.78 is 0. The molecule has 1 rings (SSSR count). The summed E-state index contributed by atoms with van der Waals surface area (Å²) in [6.07, 6.45) is 0. The number of amides is 3. The maximum absolute atomic E-state index is 11.5. The predicted molar refractivity (Wildman–Crippen MR) is 66.9 cm³/mol. The van der Waals surface area contributed by atoms with Crippen LogP contribution in [0.2, 0.25) is 0 Å². The molecule has 0 aliphatic heterocycles. The van der Waals surface area contributed by atoms with E-state index >= 15 is 0 Å². The van der Waals surface area contributed by atoms with Crippen molar-refractivity contribution in [3.63, 3.8) is 0 Å². The van der Waals surface area contributed by atoms with Crippen LogP contribution >= 0.6 is 0 Å². The van der Waals surface area contributed by atoms with Crippen molar-refractivity contribution in [1.82, 2.24) is 0 Å². The second-order valence-electron chi connectivity index (χ2n) is 4.17. The van der Waals surface area contributed by atoms with Gasteiger partial charge in [-0.1, -0.05) is 13.8 Å². The molecule has 1 aromatic carbocycles. The summed E-state index contributed by atoms with van der Waals surface area (Å²) in [7, 11) is 0. The second kappa shape index (κ2) is 5.31. The molecule has 0 radical (unpaired) electrons. The van der Waals surface area contributed by atoms with Gasteiger partial charge in [-0.05, 0) is 18.2 Å². The van der Waals surface area contributed by atoms with Gasteiger partial charge in [-0.3, -0.25) is 14.4 Å². The highest BCUT2D eigenvalue weighted by Crippen LogP contribution is 2.15. The first kappa shape index (κ1) is 13.7. The molecule has 0 aliphatic rings. The third-order valence-corrected chi connectivity index (χ3v) is 2.29. The lowest BCUT2D eigenvalue weighted by Crippen LogP contribution is -2.20. The molecule has 18 heavy (non-hydrogen) atoms. The molecule has 6 nitrogen and oxygen atoms in total. The highest BCUT2D eigenvalue weighted by Gasteiger charge is 2.12. The molecule has 0 saturated carbocycles. The molecule has 0 unspecified atom stereocenters. The quantitative estimate of drug-likeness (QED) is 0.720. The average molecular weight is 249 g/mol. The number of hydrogen-bond acceptors (Lipinski definition) is 3. The minimum Gasteiger partial charge on any atom is -0.366 e. The van der Waals surface area contributed by atoms with E-state index < -0.39 is 11.8 Å². The van der Waals surface area contributed by atoms with E-state index in [0.717, 1.165) is 0 Å². The maximum atomic E-state index is 11.5. The summed E-state index contributed by atoms with van der Waals surface area (Å²) in [5, 5.41) is 2.58. The van der Waals surface area contributed by atoms with Crippen LogP contribution in [-0.2, 0) is 4.79 Å². The standard InChI is InChI=1S/C12H15N3O3/c1-6(2)12(18)15-9-4-7(10(13)16)3-8(5-9)11(14)17/h3-6H,1-2H3,(H2,13,16)(H2,14,17)(H,15,18). The van der Waals surface area contributed by atoms with E-state index in [1.165, 1.54) is 18.2 Å². The van der Waals surface area contributed by atoms with Gasteiger partial charge in [-0.2, -0.15) is 0 Å². The van der Waals surface area contributed by atoms with Crippen molar-refractivity contribution in [3.8, 4) is 0 Å². The number of rotatable bonds is 4. The molecule has 96 valence electrons. The summed E-state index contributed by atoms with van der Waals surface area (Å²) in [5.74, 6) is -1.84. The first-order valence-electron chi connectivity index (χ1n) is 5.37. The van der Waals surface area contributed by atoms with Crippen LogP contribution in [0.5, 0.6) is 0 Å². The topological polar surface area (TPSA) is 115 Å². The molecular weight excluding hydrogens is 234 g/mol. The van der Waals surface area contributed by atoms with Crippen molar-refractivity contribution in [1.29, 1.82) is 0 Å². The zero-order valence-corrected chi connectivity index (χ0v) is 10.2. The summed E-state index contributed by atoms with van der Waals surface area (Å²) >= 11 is 0. The molecule has 0 saturated heterocycles. The van der Waals surface area contributed by atoms with Gasteiger partial charge in [0.25, 0.3) is 0 Å². The van der Waals surface area contributed by atoms with Crippen LogP contribution < -0.4 is 16.8 Å². The van der Waals surface area contributed by atoms with Gasteiger partial charge >= 0.3 is 0 Å². The fourth-order valence-corrected chi connectivity index (χ4v) is 1.27. The number of benzene rings is 1. The van der Waals surface area contributed by atoms with Gasteiger partial charge in [0.1, 0.15) is 0 Å². The van der Waals surface area contributed by atoms with E-state index in [2.05, 4.69) is 5.32 Å². The molecular formula is C12H15N3O3. The van der Waals surface area contributed by atoms with Crippen LogP contribution in [0, 0.1) is 5.92 Å². The van der Waals surface area contributed by atoms with Gasteiger partial charge in [0.2, 0.25) is 17.7 Å². The van der Waals surface area contributed by atoms with Gasteiger partial charge in [-0.15, -0.1) is 0 Å². The average Bonchev–Trinajstić information content (AvgIpc) is 2.28. The van der Waals surface area contributed by atoms with Gasteiger partial charge in [-0.25, -0.2) is 0 Å². The Kier molecular flexibility index (Phi) is 4.04. The van der Waals surface area contributed by atoms with Crippen LogP contribution in [-0.4, -0.2) is 17.7 Å². The van der Waals surface area contributed by atoms with Crippen molar-refractivity contribution in [3.05, 3.63) is 29.3 Å². The number of nitrogens with two attached hydrogens (primary N) is 2. The molecule has 0 aliphatic carbocycles. The lowest BCUT2D eigenvalue weighted by Gasteiger charge is -2.10. The Morgan fingerprint density at radius 1 is 1.00 bits per heavy atom. The van der Waals surface area contributed by atoms with Crippen LogP contribution in [0.4, 0.5) is 5.69 Å². The molecule has 0 heterocycles. The third-order valence-electron chi connectivity index (χ3n) is 2.29. The minimum atomic E-state index is -0.696. The van der Waals surface area contributed by atoms with Gasteiger partial charge in [0, 0.05) is 22.7 Å². The zero-order chi connectivity index (χ0) is 13.9. The van der Waals surface area contributed by atoms with Crippen molar-refractivity contribution >= 4 is 23.4 Å². The second-order valence-corrected chi connectivity index (χ2v) is 4.17. The largest absolute Gasteiger partial charge is 0.366 e. The normalized spacial score (nSPS) is 10.2. The number of hydrogen-bond donors (Lipinski definition) is 3. The number of carbonyl (C=O) groups excluding carboxylic acids is 3. The lowest BCUT2D eigenvalue weighted by molar-refractivity contribution is -0.118. The minimum absolute atomic E-state index is 0.116. The Hall–Kier alpha value is -2.37. The first-order chi connectivity index (χ1) is 8.31. The number of primary amides is 2. The van der Waals surface area contributed by atoms with Crippen molar-refractivity contribution in [2.24, 2.45) is 17.4 Å². The Morgan fingerprint density at radius 3 is 1.78 bits per heavy atom. The van der Waals surface area contributed by atoms with Crippen molar-refractivity contribution in [2.45, 2.75) is 13.8 Å². The van der Waals surface area contributed by atoms with E-state index in [1.807, 2.05) is 0 Å². The molecule has 0 aromatic heterocycles. The highest BCUT2D eigenvalue weighted by molar-refractivity contribution is 6.01. The molecule has 0 atom stereocenters.